The van der Waals surface area contributed by atoms with Crippen molar-refractivity contribution < 1.29 is 4.74 Å². The van der Waals surface area contributed by atoms with Gasteiger partial charge in [-0.25, -0.2) is 4.98 Å². The molecule has 0 bridgehead atoms. The molecule has 1 aliphatic heterocycles. The van der Waals surface area contributed by atoms with Crippen LogP contribution in [0.25, 0.3) is 11.0 Å². The van der Waals surface area contributed by atoms with Crippen LogP contribution < -0.4 is 5.32 Å². The smallest absolute Gasteiger partial charge is 0.109 e. The highest BCUT2D eigenvalue weighted by molar-refractivity contribution is 5.75. The number of fused-ring (bicyclic) bond motifs is 1. The summed E-state index contributed by atoms with van der Waals surface area (Å²) in [6.45, 7) is 2.83. The van der Waals surface area contributed by atoms with E-state index in [0.717, 1.165) is 38.1 Å². The van der Waals surface area contributed by atoms with Crippen LogP contribution in [-0.2, 0) is 18.2 Å². The monoisotopic (exact) mass is 273 g/mol. The Morgan fingerprint density at radius 2 is 2.30 bits per heavy atom. The minimum atomic E-state index is 0.546. The average Bonchev–Trinajstić information content (AvgIpc) is 2.82. The summed E-state index contributed by atoms with van der Waals surface area (Å²) in [7, 11) is 2.10. The normalized spacial score (nSPS) is 19.6. The van der Waals surface area contributed by atoms with E-state index < -0.39 is 0 Å². The molecule has 1 saturated heterocycles. The molecule has 1 fully saturated rings. The Bertz CT molecular complexity index is 558. The molecule has 0 unspecified atom stereocenters. The van der Waals surface area contributed by atoms with E-state index >= 15 is 0 Å². The Morgan fingerprint density at radius 3 is 3.10 bits per heavy atom. The van der Waals surface area contributed by atoms with Gasteiger partial charge in [0.15, 0.2) is 0 Å². The number of aromatic nitrogens is 2. The molecule has 0 spiro atoms. The lowest BCUT2D eigenvalue weighted by Gasteiger charge is -2.23. The Labute approximate surface area is 120 Å². The number of imidazole rings is 1. The fourth-order valence-corrected chi connectivity index (χ4v) is 2.87. The van der Waals surface area contributed by atoms with Gasteiger partial charge < -0.3 is 14.6 Å². The first-order valence-corrected chi connectivity index (χ1v) is 7.56. The molecule has 1 N–H and O–H groups in total. The molecule has 3 rings (SSSR count). The van der Waals surface area contributed by atoms with E-state index in [1.807, 2.05) is 6.07 Å². The highest BCUT2D eigenvalue weighted by atomic mass is 16.5. The van der Waals surface area contributed by atoms with Crippen LogP contribution in [0.1, 0.15) is 25.1 Å². The minimum Gasteiger partial charge on any atom is -0.380 e. The van der Waals surface area contributed by atoms with Gasteiger partial charge in [-0.2, -0.15) is 0 Å². The fraction of sp³-hybridized carbons (Fsp3) is 0.562. The number of benzene rings is 1. The minimum absolute atomic E-state index is 0.546. The molecule has 2 aromatic rings. The van der Waals surface area contributed by atoms with Crippen molar-refractivity contribution in [2.45, 2.75) is 31.7 Å². The third kappa shape index (κ3) is 3.02. The van der Waals surface area contributed by atoms with Crippen LogP contribution in [-0.4, -0.2) is 35.4 Å². The van der Waals surface area contributed by atoms with Gasteiger partial charge in [-0.15, -0.1) is 0 Å². The molecular formula is C16H23N3O. The standard InChI is InChI=1S/C16H23N3O/c1-19-15-8-3-2-7-14(15)18-16(19)9-4-10-17-13-6-5-11-20-12-13/h2-3,7-8,13,17H,4-6,9-12H2,1H3/t13-/m0/s1. The Balaban J connectivity index is 1.51. The molecule has 0 amide bonds. The number of ether oxygens (including phenoxy) is 1. The van der Waals surface area contributed by atoms with Crippen LogP contribution in [0, 0.1) is 0 Å². The Morgan fingerprint density at radius 1 is 1.40 bits per heavy atom. The van der Waals surface area contributed by atoms with E-state index in [0.29, 0.717) is 6.04 Å². The molecule has 2 heterocycles. The maximum absolute atomic E-state index is 5.48. The van der Waals surface area contributed by atoms with E-state index in [1.165, 1.54) is 24.2 Å². The Hall–Kier alpha value is -1.39. The molecule has 0 radical (unpaired) electrons. The summed E-state index contributed by atoms with van der Waals surface area (Å²) in [6.07, 6.45) is 4.56. The summed E-state index contributed by atoms with van der Waals surface area (Å²) in [6, 6.07) is 8.87. The number of rotatable bonds is 5. The highest BCUT2D eigenvalue weighted by Gasteiger charge is 2.12. The third-order valence-corrected chi connectivity index (χ3v) is 4.05. The SMILES string of the molecule is Cn1c(CCCN[C@H]2CCCOC2)nc2ccccc21. The van der Waals surface area contributed by atoms with Gasteiger partial charge in [0.05, 0.1) is 17.6 Å². The van der Waals surface area contributed by atoms with Gasteiger partial charge in [0.25, 0.3) is 0 Å². The second-order valence-corrected chi connectivity index (χ2v) is 5.55. The van der Waals surface area contributed by atoms with E-state index in [4.69, 9.17) is 9.72 Å². The summed E-state index contributed by atoms with van der Waals surface area (Å²) in [5, 5.41) is 3.58. The van der Waals surface area contributed by atoms with E-state index in [-0.39, 0.29) is 0 Å². The summed E-state index contributed by atoms with van der Waals surface area (Å²) in [5.74, 6) is 1.17. The largest absolute Gasteiger partial charge is 0.380 e. The summed E-state index contributed by atoms with van der Waals surface area (Å²) >= 11 is 0. The van der Waals surface area contributed by atoms with Crippen LogP contribution in [0.3, 0.4) is 0 Å². The van der Waals surface area contributed by atoms with Gasteiger partial charge in [-0.05, 0) is 37.9 Å². The first-order chi connectivity index (χ1) is 9.84. The number of aryl methyl sites for hydroxylation is 2. The van der Waals surface area contributed by atoms with Crippen LogP contribution in [0.5, 0.6) is 0 Å². The van der Waals surface area contributed by atoms with Crippen LogP contribution in [0.15, 0.2) is 24.3 Å². The average molecular weight is 273 g/mol. The zero-order chi connectivity index (χ0) is 13.8. The molecule has 1 aromatic carbocycles. The predicted molar refractivity (Wildman–Crippen MR) is 80.9 cm³/mol. The van der Waals surface area contributed by atoms with Gasteiger partial charge in [0, 0.05) is 26.1 Å². The van der Waals surface area contributed by atoms with Crippen molar-refractivity contribution in [3.63, 3.8) is 0 Å². The molecule has 0 aliphatic carbocycles. The van der Waals surface area contributed by atoms with Crippen LogP contribution in [0.2, 0.25) is 0 Å². The molecule has 1 atom stereocenters. The number of nitrogens with one attached hydrogen (secondary N) is 1. The van der Waals surface area contributed by atoms with Gasteiger partial charge >= 0.3 is 0 Å². The van der Waals surface area contributed by atoms with Gasteiger partial charge in [0.2, 0.25) is 0 Å². The molecule has 4 nitrogen and oxygen atoms in total. The number of hydrogen-bond acceptors (Lipinski definition) is 3. The van der Waals surface area contributed by atoms with Crippen LogP contribution >= 0.6 is 0 Å². The lowest BCUT2D eigenvalue weighted by Crippen LogP contribution is -2.37. The first-order valence-electron chi connectivity index (χ1n) is 7.56. The molecule has 4 heteroatoms. The van der Waals surface area contributed by atoms with Gasteiger partial charge in [-0.3, -0.25) is 0 Å². The van der Waals surface area contributed by atoms with E-state index in [9.17, 15) is 0 Å². The lowest BCUT2D eigenvalue weighted by molar-refractivity contribution is 0.0705. The number of hydrogen-bond donors (Lipinski definition) is 1. The summed E-state index contributed by atoms with van der Waals surface area (Å²) in [5.41, 5.74) is 2.31. The maximum Gasteiger partial charge on any atom is 0.109 e. The van der Waals surface area contributed by atoms with Crippen molar-refractivity contribution in [3.8, 4) is 0 Å². The maximum atomic E-state index is 5.48. The molecule has 1 aliphatic rings. The van der Waals surface area contributed by atoms with Crippen molar-refractivity contribution in [1.29, 1.82) is 0 Å². The lowest BCUT2D eigenvalue weighted by atomic mass is 10.1. The van der Waals surface area contributed by atoms with Gasteiger partial charge in [-0.1, -0.05) is 12.1 Å². The number of nitrogens with zero attached hydrogens (tertiary/aromatic N) is 2. The zero-order valence-corrected chi connectivity index (χ0v) is 12.1. The second-order valence-electron chi connectivity index (χ2n) is 5.55. The zero-order valence-electron chi connectivity index (χ0n) is 12.1. The molecular weight excluding hydrogens is 250 g/mol. The fourth-order valence-electron chi connectivity index (χ4n) is 2.87. The topological polar surface area (TPSA) is 39.1 Å². The molecule has 1 aromatic heterocycles. The molecule has 0 saturated carbocycles. The number of para-hydroxylation sites is 2. The first kappa shape index (κ1) is 13.6. The Kier molecular flexibility index (Phi) is 4.33. The summed E-state index contributed by atoms with van der Waals surface area (Å²) < 4.78 is 7.68. The van der Waals surface area contributed by atoms with Crippen molar-refractivity contribution in [2.75, 3.05) is 19.8 Å². The van der Waals surface area contributed by atoms with E-state index in [1.54, 1.807) is 0 Å². The predicted octanol–water partition coefficient (Wildman–Crippen LogP) is 2.27. The second kappa shape index (κ2) is 6.37. The quantitative estimate of drug-likeness (QED) is 0.849. The van der Waals surface area contributed by atoms with Gasteiger partial charge in [0.1, 0.15) is 5.82 Å². The van der Waals surface area contributed by atoms with Crippen LogP contribution in [0.4, 0.5) is 0 Å². The summed E-state index contributed by atoms with van der Waals surface area (Å²) in [4.78, 5) is 4.71. The van der Waals surface area contributed by atoms with Crippen molar-refractivity contribution in [2.24, 2.45) is 7.05 Å². The van der Waals surface area contributed by atoms with Crippen molar-refractivity contribution in [3.05, 3.63) is 30.1 Å². The van der Waals surface area contributed by atoms with Crippen molar-refractivity contribution in [1.82, 2.24) is 14.9 Å². The van der Waals surface area contributed by atoms with Crippen molar-refractivity contribution >= 4 is 11.0 Å². The molecule has 20 heavy (non-hydrogen) atoms. The third-order valence-electron chi connectivity index (χ3n) is 4.05. The molecule has 108 valence electrons. The van der Waals surface area contributed by atoms with E-state index in [2.05, 4.69) is 35.1 Å². The highest BCUT2D eigenvalue weighted by Crippen LogP contribution is 2.15.